The fraction of sp³-hybridized carbons (Fsp3) is 0.400. The van der Waals surface area contributed by atoms with Gasteiger partial charge in [-0.15, -0.1) is 0 Å². The summed E-state index contributed by atoms with van der Waals surface area (Å²) in [4.78, 5) is 2.17. The number of benzene rings is 1. The van der Waals surface area contributed by atoms with Crippen LogP contribution in [0.3, 0.4) is 0 Å². The minimum Gasteiger partial charge on any atom is -0.293 e. The molecule has 0 fully saturated rings. The molecule has 0 saturated heterocycles. The third-order valence-electron chi connectivity index (χ3n) is 1.91. The number of aryl methyl sites for hydroxylation is 1. The van der Waals surface area contributed by atoms with Crippen LogP contribution in [0, 0.1) is 12.7 Å². The van der Waals surface area contributed by atoms with Gasteiger partial charge in [0.05, 0.1) is 4.95 Å². The Kier molecular flexibility index (Phi) is 3.45. The Balaban J connectivity index is 2.97. The summed E-state index contributed by atoms with van der Waals surface area (Å²) in [5.41, 5.74) is 1.76. The zero-order valence-electron chi connectivity index (χ0n) is 8.01. The van der Waals surface area contributed by atoms with Gasteiger partial charge in [0.15, 0.2) is 0 Å². The summed E-state index contributed by atoms with van der Waals surface area (Å²) in [6.07, 6.45) is 0. The van der Waals surface area contributed by atoms with E-state index in [4.69, 9.17) is 0 Å². The van der Waals surface area contributed by atoms with E-state index in [2.05, 4.69) is 15.9 Å². The first-order valence-corrected chi connectivity index (χ1v) is 5.00. The van der Waals surface area contributed by atoms with Gasteiger partial charge >= 0.3 is 0 Å². The molecular weight excluding hydrogens is 233 g/mol. The highest BCUT2D eigenvalue weighted by atomic mass is 79.9. The van der Waals surface area contributed by atoms with Crippen LogP contribution in [0.1, 0.15) is 16.1 Å². The number of rotatable bonds is 2. The first-order valence-electron chi connectivity index (χ1n) is 4.09. The van der Waals surface area contributed by atoms with Crippen LogP contribution in [0.15, 0.2) is 18.2 Å². The summed E-state index contributed by atoms with van der Waals surface area (Å²) < 4.78 is 12.9. The third kappa shape index (κ3) is 2.51. The van der Waals surface area contributed by atoms with Crippen molar-refractivity contribution in [3.05, 3.63) is 35.1 Å². The molecule has 1 unspecified atom stereocenters. The third-order valence-corrected chi connectivity index (χ3v) is 3.26. The van der Waals surface area contributed by atoms with Crippen LogP contribution in [-0.4, -0.2) is 19.0 Å². The fourth-order valence-electron chi connectivity index (χ4n) is 1.11. The number of nitrogens with zero attached hydrogens (tertiary/aromatic N) is 1. The first-order chi connectivity index (χ1) is 6.02. The molecule has 0 N–H and O–H groups in total. The average Bonchev–Trinajstić information content (AvgIpc) is 2.08. The lowest BCUT2D eigenvalue weighted by Gasteiger charge is -2.18. The molecule has 0 aliphatic heterocycles. The van der Waals surface area contributed by atoms with Crippen molar-refractivity contribution in [2.75, 3.05) is 14.1 Å². The van der Waals surface area contributed by atoms with E-state index >= 15 is 0 Å². The second-order valence-corrected chi connectivity index (χ2v) is 4.18. The van der Waals surface area contributed by atoms with Gasteiger partial charge in [-0.1, -0.05) is 28.1 Å². The van der Waals surface area contributed by atoms with E-state index in [-0.39, 0.29) is 10.8 Å². The SMILES string of the molecule is Cc1cc(C(Br)N(C)C)ccc1F. The Morgan fingerprint density at radius 3 is 2.46 bits per heavy atom. The summed E-state index contributed by atoms with van der Waals surface area (Å²) in [5.74, 6) is -0.151. The minimum atomic E-state index is -0.151. The summed E-state index contributed by atoms with van der Waals surface area (Å²) in [6, 6.07) is 5.15. The van der Waals surface area contributed by atoms with Crippen LogP contribution in [0.5, 0.6) is 0 Å². The second kappa shape index (κ2) is 4.20. The zero-order chi connectivity index (χ0) is 10.0. The molecule has 0 bridgehead atoms. The molecule has 0 aliphatic carbocycles. The van der Waals surface area contributed by atoms with Gasteiger partial charge in [-0.3, -0.25) is 4.90 Å². The lowest BCUT2D eigenvalue weighted by atomic mass is 10.1. The van der Waals surface area contributed by atoms with Crippen molar-refractivity contribution < 1.29 is 4.39 Å². The van der Waals surface area contributed by atoms with Crippen LogP contribution in [0.4, 0.5) is 4.39 Å². The molecule has 0 heterocycles. The smallest absolute Gasteiger partial charge is 0.126 e. The summed E-state index contributed by atoms with van der Waals surface area (Å²) in [5, 5.41) is 0. The average molecular weight is 246 g/mol. The first kappa shape index (κ1) is 10.7. The van der Waals surface area contributed by atoms with E-state index in [1.165, 1.54) is 6.07 Å². The van der Waals surface area contributed by atoms with Crippen molar-refractivity contribution in [3.63, 3.8) is 0 Å². The van der Waals surface area contributed by atoms with Gasteiger partial charge in [0.25, 0.3) is 0 Å². The van der Waals surface area contributed by atoms with Gasteiger partial charge in [-0.25, -0.2) is 4.39 Å². The monoisotopic (exact) mass is 245 g/mol. The number of hydrogen-bond donors (Lipinski definition) is 0. The van der Waals surface area contributed by atoms with E-state index in [0.717, 1.165) is 5.56 Å². The van der Waals surface area contributed by atoms with Crippen LogP contribution in [0.2, 0.25) is 0 Å². The zero-order valence-corrected chi connectivity index (χ0v) is 9.60. The topological polar surface area (TPSA) is 3.24 Å². The molecule has 0 aliphatic rings. The molecule has 72 valence electrons. The minimum absolute atomic E-state index is 0.145. The standard InChI is InChI=1S/C10H13BrFN/c1-7-6-8(4-5-9(7)12)10(11)13(2)3/h4-6,10H,1-3H3. The van der Waals surface area contributed by atoms with Crippen molar-refractivity contribution >= 4 is 15.9 Å². The van der Waals surface area contributed by atoms with Crippen molar-refractivity contribution in [1.82, 2.24) is 4.90 Å². The fourth-order valence-corrected chi connectivity index (χ4v) is 1.40. The van der Waals surface area contributed by atoms with Gasteiger partial charge < -0.3 is 0 Å². The van der Waals surface area contributed by atoms with Gasteiger partial charge in [-0.2, -0.15) is 0 Å². The van der Waals surface area contributed by atoms with Gasteiger partial charge in [-0.05, 0) is 38.2 Å². The molecular formula is C10H13BrFN. The lowest BCUT2D eigenvalue weighted by Crippen LogP contribution is -2.14. The maximum absolute atomic E-state index is 12.9. The van der Waals surface area contributed by atoms with E-state index in [1.54, 1.807) is 13.0 Å². The van der Waals surface area contributed by atoms with Crippen molar-refractivity contribution in [2.24, 2.45) is 0 Å². The highest BCUT2D eigenvalue weighted by molar-refractivity contribution is 9.09. The van der Waals surface area contributed by atoms with Crippen LogP contribution in [0.25, 0.3) is 0 Å². The molecule has 1 nitrogen and oxygen atoms in total. The van der Waals surface area contributed by atoms with E-state index in [1.807, 2.05) is 25.1 Å². The molecule has 0 spiro atoms. The van der Waals surface area contributed by atoms with Crippen LogP contribution >= 0.6 is 15.9 Å². The van der Waals surface area contributed by atoms with Crippen LogP contribution in [-0.2, 0) is 0 Å². The number of halogens is 2. The predicted molar refractivity (Wildman–Crippen MR) is 56.5 cm³/mol. The summed E-state index contributed by atoms with van der Waals surface area (Å²) in [7, 11) is 3.94. The molecule has 1 aromatic carbocycles. The highest BCUT2D eigenvalue weighted by Gasteiger charge is 2.10. The Labute approximate surface area is 86.7 Å². The van der Waals surface area contributed by atoms with Crippen molar-refractivity contribution in [2.45, 2.75) is 11.9 Å². The highest BCUT2D eigenvalue weighted by Crippen LogP contribution is 2.25. The van der Waals surface area contributed by atoms with Crippen LogP contribution < -0.4 is 0 Å². The van der Waals surface area contributed by atoms with Gasteiger partial charge in [0.1, 0.15) is 5.82 Å². The Bertz CT molecular complexity index is 299. The Hall–Kier alpha value is -0.410. The largest absolute Gasteiger partial charge is 0.293 e. The molecule has 13 heavy (non-hydrogen) atoms. The second-order valence-electron chi connectivity index (χ2n) is 3.31. The molecule has 0 saturated carbocycles. The molecule has 0 amide bonds. The van der Waals surface area contributed by atoms with E-state index in [0.29, 0.717) is 5.56 Å². The molecule has 3 heteroatoms. The number of alkyl halides is 1. The number of hydrogen-bond acceptors (Lipinski definition) is 1. The molecule has 0 radical (unpaired) electrons. The summed E-state index contributed by atoms with van der Waals surface area (Å²) in [6.45, 7) is 1.77. The Morgan fingerprint density at radius 2 is 2.00 bits per heavy atom. The van der Waals surface area contributed by atoms with Crippen molar-refractivity contribution in [1.29, 1.82) is 0 Å². The van der Waals surface area contributed by atoms with E-state index in [9.17, 15) is 4.39 Å². The lowest BCUT2D eigenvalue weighted by molar-refractivity contribution is 0.397. The normalized spacial score (nSPS) is 13.4. The Morgan fingerprint density at radius 1 is 1.38 bits per heavy atom. The van der Waals surface area contributed by atoms with Crippen molar-refractivity contribution in [3.8, 4) is 0 Å². The van der Waals surface area contributed by atoms with Gasteiger partial charge in [0, 0.05) is 0 Å². The van der Waals surface area contributed by atoms with E-state index < -0.39 is 0 Å². The molecule has 1 atom stereocenters. The summed E-state index contributed by atoms with van der Waals surface area (Å²) >= 11 is 3.51. The maximum atomic E-state index is 12.9. The molecule has 0 aromatic heterocycles. The molecule has 1 aromatic rings. The predicted octanol–water partition coefficient (Wildman–Crippen LogP) is 3.09. The quantitative estimate of drug-likeness (QED) is 0.572. The maximum Gasteiger partial charge on any atom is 0.126 e. The van der Waals surface area contributed by atoms with Gasteiger partial charge in [0.2, 0.25) is 0 Å². The molecule has 1 rings (SSSR count).